The van der Waals surface area contributed by atoms with Crippen molar-refractivity contribution in [3.05, 3.63) is 59.1 Å². The molecule has 0 saturated heterocycles. The molecule has 0 spiro atoms. The van der Waals surface area contributed by atoms with E-state index in [0.29, 0.717) is 0 Å². The van der Waals surface area contributed by atoms with Crippen molar-refractivity contribution in [1.82, 2.24) is 14.8 Å². The van der Waals surface area contributed by atoms with Gasteiger partial charge in [0.15, 0.2) is 0 Å². The van der Waals surface area contributed by atoms with Gasteiger partial charge in [0.05, 0.1) is 17.3 Å². The number of hydrogen-bond acceptors (Lipinski definition) is 5. The number of thiazole rings is 1. The van der Waals surface area contributed by atoms with Gasteiger partial charge in [0.25, 0.3) is 0 Å². The molecule has 0 atom stereocenters. The van der Waals surface area contributed by atoms with Crippen LogP contribution in [0.1, 0.15) is 30.5 Å². The number of nitrogens with zero attached hydrogens (tertiary/aromatic N) is 3. The van der Waals surface area contributed by atoms with E-state index in [-0.39, 0.29) is 18.4 Å². The van der Waals surface area contributed by atoms with Crippen molar-refractivity contribution in [2.24, 2.45) is 7.05 Å². The van der Waals surface area contributed by atoms with Gasteiger partial charge in [-0.1, -0.05) is 18.6 Å². The molecule has 1 saturated carbocycles. The Morgan fingerprint density at radius 1 is 1.35 bits per heavy atom. The molecule has 0 bridgehead atoms. The summed E-state index contributed by atoms with van der Waals surface area (Å²) in [7, 11) is 1.85. The Hall–Kier alpha value is -2.54. The molecule has 134 valence electrons. The minimum Gasteiger partial charge on any atom is -0.458 e. The Morgan fingerprint density at radius 2 is 2.12 bits per heavy atom. The topological polar surface area (TPSA) is 57.0 Å². The van der Waals surface area contributed by atoms with Gasteiger partial charge in [-0.25, -0.2) is 9.37 Å². The summed E-state index contributed by atoms with van der Waals surface area (Å²) in [5.74, 6) is -0.562. The van der Waals surface area contributed by atoms with E-state index < -0.39 is 5.41 Å². The zero-order valence-corrected chi connectivity index (χ0v) is 15.1. The molecular weight excluding hydrogens is 353 g/mol. The van der Waals surface area contributed by atoms with Gasteiger partial charge >= 0.3 is 5.97 Å². The summed E-state index contributed by atoms with van der Waals surface area (Å²) in [6.45, 7) is 0.137. The summed E-state index contributed by atoms with van der Waals surface area (Å²) in [5.41, 5.74) is 1.84. The van der Waals surface area contributed by atoms with Gasteiger partial charge in [-0.05, 0) is 30.5 Å². The molecule has 26 heavy (non-hydrogen) atoms. The van der Waals surface area contributed by atoms with Crippen LogP contribution in [0.5, 0.6) is 0 Å². The Bertz CT molecular complexity index is 928. The molecular formula is C19H18FN3O2S. The van der Waals surface area contributed by atoms with Crippen LogP contribution in [-0.4, -0.2) is 20.7 Å². The first-order valence-electron chi connectivity index (χ1n) is 8.43. The van der Waals surface area contributed by atoms with Gasteiger partial charge in [0.2, 0.25) is 0 Å². The van der Waals surface area contributed by atoms with Crippen LogP contribution in [-0.2, 0) is 28.6 Å². The second-order valence-electron chi connectivity index (χ2n) is 6.57. The second-order valence-corrected chi connectivity index (χ2v) is 7.42. The first-order valence-corrected chi connectivity index (χ1v) is 9.31. The Kier molecular flexibility index (Phi) is 4.32. The summed E-state index contributed by atoms with van der Waals surface area (Å²) in [6.07, 6.45) is 6.08. The minimum absolute atomic E-state index is 0.137. The highest BCUT2D eigenvalue weighted by molar-refractivity contribution is 7.13. The lowest BCUT2D eigenvalue weighted by atomic mass is 9.64. The maximum Gasteiger partial charge on any atom is 0.316 e. The van der Waals surface area contributed by atoms with Gasteiger partial charge in [-0.15, -0.1) is 11.3 Å². The molecule has 2 aromatic heterocycles. The molecule has 1 fully saturated rings. The van der Waals surface area contributed by atoms with Crippen molar-refractivity contribution in [1.29, 1.82) is 0 Å². The third-order valence-corrected chi connectivity index (χ3v) is 5.79. The molecule has 0 aliphatic heterocycles. The molecule has 0 unspecified atom stereocenters. The van der Waals surface area contributed by atoms with E-state index in [1.165, 1.54) is 23.5 Å². The Morgan fingerprint density at radius 3 is 2.73 bits per heavy atom. The highest BCUT2D eigenvalue weighted by atomic mass is 32.1. The van der Waals surface area contributed by atoms with Gasteiger partial charge in [0, 0.05) is 24.2 Å². The highest BCUT2D eigenvalue weighted by Crippen LogP contribution is 2.45. The molecule has 1 aromatic carbocycles. The Labute approximate surface area is 154 Å². The van der Waals surface area contributed by atoms with Gasteiger partial charge in [-0.3, -0.25) is 9.48 Å². The zero-order valence-electron chi connectivity index (χ0n) is 14.3. The van der Waals surface area contributed by atoms with Crippen molar-refractivity contribution < 1.29 is 13.9 Å². The summed E-state index contributed by atoms with van der Waals surface area (Å²) in [5, 5.41) is 6.88. The van der Waals surface area contributed by atoms with Crippen LogP contribution in [0.4, 0.5) is 4.39 Å². The van der Waals surface area contributed by atoms with Crippen LogP contribution in [0.15, 0.2) is 42.0 Å². The van der Waals surface area contributed by atoms with Gasteiger partial charge < -0.3 is 4.74 Å². The van der Waals surface area contributed by atoms with Crippen LogP contribution >= 0.6 is 11.3 Å². The van der Waals surface area contributed by atoms with E-state index in [1.807, 2.05) is 18.6 Å². The average molecular weight is 371 g/mol. The number of aromatic nitrogens is 3. The van der Waals surface area contributed by atoms with E-state index in [2.05, 4.69) is 10.1 Å². The minimum atomic E-state index is -0.643. The molecule has 3 aromatic rings. The predicted octanol–water partition coefficient (Wildman–Crippen LogP) is 3.85. The SMILES string of the molecule is Cn1cc(-c2nc(COC(=O)C3(c4ccc(F)cc4)CCC3)cs2)cn1. The summed E-state index contributed by atoms with van der Waals surface area (Å²) >= 11 is 1.50. The Balaban J connectivity index is 1.45. The smallest absolute Gasteiger partial charge is 0.316 e. The molecule has 2 heterocycles. The summed E-state index contributed by atoms with van der Waals surface area (Å²) in [4.78, 5) is 17.2. The maximum absolute atomic E-state index is 13.2. The van der Waals surface area contributed by atoms with Crippen LogP contribution in [0, 0.1) is 5.82 Å². The maximum atomic E-state index is 13.2. The molecule has 0 N–H and O–H groups in total. The van der Waals surface area contributed by atoms with Crippen LogP contribution in [0.3, 0.4) is 0 Å². The molecule has 7 heteroatoms. The number of carbonyl (C=O) groups excluding carboxylic acids is 1. The monoisotopic (exact) mass is 371 g/mol. The third-order valence-electron chi connectivity index (χ3n) is 4.85. The van der Waals surface area contributed by atoms with E-state index >= 15 is 0 Å². The third kappa shape index (κ3) is 3.03. The fraction of sp³-hybridized carbons (Fsp3) is 0.316. The second kappa shape index (κ2) is 6.64. The van der Waals surface area contributed by atoms with Crippen LogP contribution < -0.4 is 0 Å². The number of carbonyl (C=O) groups is 1. The van der Waals surface area contributed by atoms with Gasteiger partial charge in [-0.2, -0.15) is 5.10 Å². The largest absolute Gasteiger partial charge is 0.458 e. The lowest BCUT2D eigenvalue weighted by Gasteiger charge is -2.39. The first kappa shape index (κ1) is 16.9. The fourth-order valence-corrected chi connectivity index (χ4v) is 4.00. The standard InChI is InChI=1S/C19H18FN3O2S/c1-23-10-13(9-21-23)17-22-16(12-26-17)11-25-18(24)19(7-2-8-19)14-3-5-15(20)6-4-14/h3-6,9-10,12H,2,7-8,11H2,1H3. The number of hydrogen-bond donors (Lipinski definition) is 0. The predicted molar refractivity (Wildman–Crippen MR) is 96.0 cm³/mol. The lowest BCUT2D eigenvalue weighted by Crippen LogP contribution is -2.43. The first-order chi connectivity index (χ1) is 12.6. The van der Waals surface area contributed by atoms with Crippen LogP contribution in [0.2, 0.25) is 0 Å². The fourth-order valence-electron chi connectivity index (χ4n) is 3.23. The number of rotatable bonds is 5. The van der Waals surface area contributed by atoms with Crippen molar-refractivity contribution in [3.63, 3.8) is 0 Å². The van der Waals surface area contributed by atoms with Crippen LogP contribution in [0.25, 0.3) is 10.6 Å². The zero-order chi connectivity index (χ0) is 18.1. The molecule has 4 rings (SSSR count). The molecule has 0 radical (unpaired) electrons. The van der Waals surface area contributed by atoms with Crippen molar-refractivity contribution in [2.75, 3.05) is 0 Å². The van der Waals surface area contributed by atoms with Crippen molar-refractivity contribution in [2.45, 2.75) is 31.3 Å². The van der Waals surface area contributed by atoms with E-state index in [1.54, 1.807) is 23.0 Å². The van der Waals surface area contributed by atoms with Crippen molar-refractivity contribution >= 4 is 17.3 Å². The number of aryl methyl sites for hydroxylation is 1. The van der Waals surface area contributed by atoms with Crippen molar-refractivity contribution in [3.8, 4) is 10.6 Å². The normalized spacial score (nSPS) is 15.5. The number of benzene rings is 1. The average Bonchev–Trinajstić information content (AvgIpc) is 3.22. The molecule has 0 amide bonds. The lowest BCUT2D eigenvalue weighted by molar-refractivity contribution is -0.156. The molecule has 1 aliphatic carbocycles. The number of ether oxygens (including phenoxy) is 1. The summed E-state index contributed by atoms with van der Waals surface area (Å²) in [6, 6.07) is 6.14. The molecule has 5 nitrogen and oxygen atoms in total. The van der Waals surface area contributed by atoms with E-state index in [0.717, 1.165) is 41.1 Å². The summed E-state index contributed by atoms with van der Waals surface area (Å²) < 4.78 is 20.5. The van der Waals surface area contributed by atoms with E-state index in [9.17, 15) is 9.18 Å². The quantitative estimate of drug-likeness (QED) is 0.639. The molecule has 1 aliphatic rings. The highest BCUT2D eigenvalue weighted by Gasteiger charge is 2.47. The number of esters is 1. The van der Waals surface area contributed by atoms with E-state index in [4.69, 9.17) is 4.74 Å². The number of halogens is 1. The van der Waals surface area contributed by atoms with Gasteiger partial charge in [0.1, 0.15) is 17.4 Å².